The summed E-state index contributed by atoms with van der Waals surface area (Å²) in [6.07, 6.45) is 2.90. The predicted octanol–water partition coefficient (Wildman–Crippen LogP) is 2.45. The Bertz CT molecular complexity index is 435. The summed E-state index contributed by atoms with van der Waals surface area (Å²) < 4.78 is 5.57. The van der Waals surface area contributed by atoms with Crippen LogP contribution in [0.5, 0.6) is 0 Å². The Morgan fingerprint density at radius 1 is 1.47 bits per heavy atom. The highest BCUT2D eigenvalue weighted by atomic mass is 16.3. The topological polar surface area (TPSA) is 59.5 Å². The van der Waals surface area contributed by atoms with E-state index in [4.69, 9.17) is 10.2 Å². The molecule has 0 aromatic carbocycles. The number of hydrogen-bond donors (Lipinski definition) is 1. The van der Waals surface area contributed by atoms with Crippen molar-refractivity contribution < 1.29 is 9.21 Å². The van der Waals surface area contributed by atoms with Crippen LogP contribution in [0.25, 0.3) is 0 Å². The molecule has 1 aliphatic rings. The van der Waals surface area contributed by atoms with Crippen LogP contribution in [-0.4, -0.2) is 22.9 Å². The third-order valence-corrected chi connectivity index (χ3v) is 3.44. The van der Waals surface area contributed by atoms with Crippen molar-refractivity contribution >= 4 is 5.91 Å². The molecule has 0 spiro atoms. The Morgan fingerprint density at radius 2 is 2.16 bits per heavy atom. The molecular formula is C15H24N2O2. The van der Waals surface area contributed by atoms with Gasteiger partial charge in [-0.2, -0.15) is 0 Å². The van der Waals surface area contributed by atoms with Gasteiger partial charge in [0.1, 0.15) is 11.5 Å². The molecule has 1 aromatic rings. The number of carbonyl (C=O) groups excluding carboxylic acids is 1. The van der Waals surface area contributed by atoms with Gasteiger partial charge in [0.05, 0.1) is 12.6 Å². The second-order valence-corrected chi connectivity index (χ2v) is 5.95. The van der Waals surface area contributed by atoms with Crippen LogP contribution in [-0.2, 0) is 11.3 Å². The zero-order chi connectivity index (χ0) is 14.0. The molecule has 0 radical (unpaired) electrons. The Morgan fingerprint density at radius 3 is 2.63 bits per heavy atom. The molecule has 1 atom stereocenters. The highest BCUT2D eigenvalue weighted by molar-refractivity contribution is 5.82. The number of furan rings is 1. The summed E-state index contributed by atoms with van der Waals surface area (Å²) in [5, 5.41) is 0. The normalized spacial score (nSPS) is 16.7. The standard InChI is InChI=1S/C15H24N2O2/c1-10(2)8-14(16)15(18)17(12-5-6-12)9-13-7-4-11(3)19-13/h4,7,10,12,14H,5-6,8-9,16H2,1-3H3/t14-/m0/s1. The quantitative estimate of drug-likeness (QED) is 0.858. The molecule has 2 N–H and O–H groups in total. The van der Waals surface area contributed by atoms with E-state index in [1.54, 1.807) is 0 Å². The lowest BCUT2D eigenvalue weighted by Gasteiger charge is -2.25. The van der Waals surface area contributed by atoms with Crippen LogP contribution in [0.3, 0.4) is 0 Å². The molecule has 0 unspecified atom stereocenters. The van der Waals surface area contributed by atoms with Gasteiger partial charge < -0.3 is 15.1 Å². The van der Waals surface area contributed by atoms with Crippen molar-refractivity contribution in [2.75, 3.05) is 0 Å². The molecule has 1 aliphatic carbocycles. The Balaban J connectivity index is 2.01. The number of carbonyl (C=O) groups is 1. The average molecular weight is 264 g/mol. The van der Waals surface area contributed by atoms with Crippen molar-refractivity contribution in [3.8, 4) is 0 Å². The van der Waals surface area contributed by atoms with E-state index in [9.17, 15) is 4.79 Å². The molecule has 1 saturated carbocycles. The van der Waals surface area contributed by atoms with Crippen LogP contribution in [0.2, 0.25) is 0 Å². The molecule has 4 heteroatoms. The van der Waals surface area contributed by atoms with Gasteiger partial charge in [-0.25, -0.2) is 0 Å². The minimum atomic E-state index is -0.392. The largest absolute Gasteiger partial charge is 0.464 e. The van der Waals surface area contributed by atoms with Crippen LogP contribution in [0, 0.1) is 12.8 Å². The summed E-state index contributed by atoms with van der Waals surface area (Å²) in [6.45, 7) is 6.63. The molecule has 0 saturated heterocycles. The van der Waals surface area contributed by atoms with E-state index in [-0.39, 0.29) is 5.91 Å². The van der Waals surface area contributed by atoms with Crippen molar-refractivity contribution in [3.63, 3.8) is 0 Å². The van der Waals surface area contributed by atoms with Crippen LogP contribution in [0.15, 0.2) is 16.5 Å². The maximum absolute atomic E-state index is 12.4. The van der Waals surface area contributed by atoms with Crippen molar-refractivity contribution in [3.05, 3.63) is 23.7 Å². The summed E-state index contributed by atoms with van der Waals surface area (Å²) in [5.74, 6) is 2.22. The number of rotatable bonds is 6. The molecule has 1 amide bonds. The van der Waals surface area contributed by atoms with E-state index in [0.29, 0.717) is 18.5 Å². The van der Waals surface area contributed by atoms with Crippen molar-refractivity contribution in [1.82, 2.24) is 4.90 Å². The summed E-state index contributed by atoms with van der Waals surface area (Å²) in [4.78, 5) is 14.3. The average Bonchev–Trinajstić information content (AvgIpc) is 3.08. The molecule has 1 heterocycles. The predicted molar refractivity (Wildman–Crippen MR) is 74.4 cm³/mol. The van der Waals surface area contributed by atoms with Gasteiger partial charge in [-0.3, -0.25) is 4.79 Å². The molecule has 1 aromatic heterocycles. The van der Waals surface area contributed by atoms with E-state index in [1.807, 2.05) is 24.0 Å². The first kappa shape index (κ1) is 14.1. The number of amides is 1. The second kappa shape index (κ2) is 5.78. The first-order chi connectivity index (χ1) is 8.97. The maximum Gasteiger partial charge on any atom is 0.240 e. The minimum Gasteiger partial charge on any atom is -0.464 e. The molecule has 4 nitrogen and oxygen atoms in total. The highest BCUT2D eigenvalue weighted by Crippen LogP contribution is 2.29. The summed E-state index contributed by atoms with van der Waals surface area (Å²) >= 11 is 0. The summed E-state index contributed by atoms with van der Waals surface area (Å²) in [7, 11) is 0. The van der Waals surface area contributed by atoms with Gasteiger partial charge >= 0.3 is 0 Å². The zero-order valence-corrected chi connectivity index (χ0v) is 12.1. The molecule has 2 rings (SSSR count). The molecule has 106 valence electrons. The van der Waals surface area contributed by atoms with Crippen LogP contribution in [0.4, 0.5) is 0 Å². The number of nitrogens with zero attached hydrogens (tertiary/aromatic N) is 1. The molecule has 0 aliphatic heterocycles. The van der Waals surface area contributed by atoms with E-state index in [0.717, 1.165) is 30.8 Å². The first-order valence-corrected chi connectivity index (χ1v) is 7.08. The summed E-state index contributed by atoms with van der Waals surface area (Å²) in [5.41, 5.74) is 6.02. The number of hydrogen-bond acceptors (Lipinski definition) is 3. The van der Waals surface area contributed by atoms with E-state index < -0.39 is 6.04 Å². The minimum absolute atomic E-state index is 0.0604. The monoisotopic (exact) mass is 264 g/mol. The lowest BCUT2D eigenvalue weighted by molar-refractivity contribution is -0.134. The van der Waals surface area contributed by atoms with Crippen LogP contribution in [0.1, 0.15) is 44.6 Å². The highest BCUT2D eigenvalue weighted by Gasteiger charge is 2.35. The maximum atomic E-state index is 12.4. The van der Waals surface area contributed by atoms with Crippen molar-refractivity contribution in [2.45, 2.75) is 58.7 Å². The fourth-order valence-electron chi connectivity index (χ4n) is 2.33. The van der Waals surface area contributed by atoms with Crippen LogP contribution >= 0.6 is 0 Å². The zero-order valence-electron chi connectivity index (χ0n) is 12.1. The Hall–Kier alpha value is -1.29. The molecule has 0 bridgehead atoms. The van der Waals surface area contributed by atoms with E-state index >= 15 is 0 Å². The summed E-state index contributed by atoms with van der Waals surface area (Å²) in [6, 6.07) is 3.83. The van der Waals surface area contributed by atoms with Crippen molar-refractivity contribution in [1.29, 1.82) is 0 Å². The van der Waals surface area contributed by atoms with E-state index in [2.05, 4.69) is 13.8 Å². The van der Waals surface area contributed by atoms with Crippen molar-refractivity contribution in [2.24, 2.45) is 11.7 Å². The lowest BCUT2D eigenvalue weighted by Crippen LogP contribution is -2.45. The van der Waals surface area contributed by atoms with Gasteiger partial charge in [0, 0.05) is 6.04 Å². The van der Waals surface area contributed by atoms with Gasteiger partial charge in [0.25, 0.3) is 0 Å². The fraction of sp³-hybridized carbons (Fsp3) is 0.667. The smallest absolute Gasteiger partial charge is 0.240 e. The fourth-order valence-corrected chi connectivity index (χ4v) is 2.33. The first-order valence-electron chi connectivity index (χ1n) is 7.08. The lowest BCUT2D eigenvalue weighted by atomic mass is 10.0. The third kappa shape index (κ3) is 3.83. The second-order valence-electron chi connectivity index (χ2n) is 5.95. The van der Waals surface area contributed by atoms with Gasteiger partial charge in [0.2, 0.25) is 5.91 Å². The van der Waals surface area contributed by atoms with Crippen LogP contribution < -0.4 is 5.73 Å². The number of aryl methyl sites for hydroxylation is 1. The Kier molecular flexibility index (Phi) is 4.30. The SMILES string of the molecule is Cc1ccc(CN(C(=O)[C@@H](N)CC(C)C)C2CC2)o1. The number of nitrogens with two attached hydrogens (primary N) is 1. The third-order valence-electron chi connectivity index (χ3n) is 3.44. The van der Waals surface area contributed by atoms with Gasteiger partial charge in [-0.1, -0.05) is 13.8 Å². The van der Waals surface area contributed by atoms with Gasteiger partial charge in [-0.05, 0) is 44.2 Å². The molecule has 19 heavy (non-hydrogen) atoms. The van der Waals surface area contributed by atoms with Gasteiger partial charge in [-0.15, -0.1) is 0 Å². The van der Waals surface area contributed by atoms with Gasteiger partial charge in [0.15, 0.2) is 0 Å². The Labute approximate surface area is 114 Å². The molecule has 1 fully saturated rings. The van der Waals surface area contributed by atoms with E-state index in [1.165, 1.54) is 0 Å². The molecular weight excluding hydrogens is 240 g/mol.